The molecule has 0 spiro atoms. The molecule has 5 nitrogen and oxygen atoms in total. The van der Waals surface area contributed by atoms with Crippen LogP contribution in [0, 0.1) is 6.92 Å². The van der Waals surface area contributed by atoms with Crippen molar-refractivity contribution < 1.29 is 14.6 Å². The Morgan fingerprint density at radius 3 is 2.84 bits per heavy atom. The molecule has 1 aliphatic heterocycles. The summed E-state index contributed by atoms with van der Waals surface area (Å²) in [4.78, 5) is 15.7. The molecule has 0 atom stereocenters. The van der Waals surface area contributed by atoms with Crippen molar-refractivity contribution in [3.05, 3.63) is 29.6 Å². The predicted molar refractivity (Wildman–Crippen MR) is 70.5 cm³/mol. The van der Waals surface area contributed by atoms with Gasteiger partial charge in [-0.05, 0) is 31.9 Å². The molecule has 0 radical (unpaired) electrons. The summed E-state index contributed by atoms with van der Waals surface area (Å²) in [6.45, 7) is 3.44. The van der Waals surface area contributed by atoms with Crippen LogP contribution < -0.4 is 0 Å². The molecule has 19 heavy (non-hydrogen) atoms. The summed E-state index contributed by atoms with van der Waals surface area (Å²) in [6.07, 6.45) is 1.90. The third kappa shape index (κ3) is 2.00. The average molecular weight is 260 g/mol. The molecule has 1 aromatic heterocycles. The molecule has 5 heteroatoms. The molecule has 100 valence electrons. The van der Waals surface area contributed by atoms with Crippen LogP contribution in [0.4, 0.5) is 0 Å². The smallest absolute Gasteiger partial charge is 0.337 e. The van der Waals surface area contributed by atoms with E-state index in [4.69, 9.17) is 4.74 Å². The van der Waals surface area contributed by atoms with E-state index < -0.39 is 5.97 Å². The van der Waals surface area contributed by atoms with E-state index in [1.807, 2.05) is 13.0 Å². The van der Waals surface area contributed by atoms with Gasteiger partial charge in [0.1, 0.15) is 11.3 Å². The average Bonchev–Trinajstić information content (AvgIpc) is 2.75. The molecule has 0 bridgehead atoms. The van der Waals surface area contributed by atoms with Crippen molar-refractivity contribution in [2.24, 2.45) is 0 Å². The lowest BCUT2D eigenvalue weighted by Crippen LogP contribution is -2.20. The standard InChI is InChI=1S/C14H16N2O3/c1-9-15-13-11(14(17)18)3-2-4-12(13)16(9)10-5-7-19-8-6-10/h2-4,10H,5-8H2,1H3,(H,17,18). The van der Waals surface area contributed by atoms with Crippen LogP contribution in [0.2, 0.25) is 0 Å². The lowest BCUT2D eigenvalue weighted by Gasteiger charge is -2.25. The molecule has 1 fully saturated rings. The highest BCUT2D eigenvalue weighted by Crippen LogP contribution is 2.29. The fourth-order valence-corrected chi connectivity index (χ4v) is 2.81. The molecule has 1 N–H and O–H groups in total. The SMILES string of the molecule is Cc1nc2c(C(=O)O)cccc2n1C1CCOCC1. The molecular weight excluding hydrogens is 244 g/mol. The van der Waals surface area contributed by atoms with Crippen molar-refractivity contribution in [2.45, 2.75) is 25.8 Å². The van der Waals surface area contributed by atoms with E-state index in [0.717, 1.165) is 37.4 Å². The highest BCUT2D eigenvalue weighted by atomic mass is 16.5. The van der Waals surface area contributed by atoms with E-state index in [0.29, 0.717) is 11.6 Å². The van der Waals surface area contributed by atoms with Crippen molar-refractivity contribution in [3.63, 3.8) is 0 Å². The minimum Gasteiger partial charge on any atom is -0.478 e. The maximum absolute atomic E-state index is 11.2. The van der Waals surface area contributed by atoms with Crippen molar-refractivity contribution in [1.29, 1.82) is 0 Å². The molecular formula is C14H16N2O3. The second-order valence-corrected chi connectivity index (χ2v) is 4.85. The number of fused-ring (bicyclic) bond motifs is 1. The molecule has 2 aromatic rings. The Bertz CT molecular complexity index is 627. The van der Waals surface area contributed by atoms with Crippen LogP contribution in [-0.2, 0) is 4.74 Å². The van der Waals surface area contributed by atoms with Crippen molar-refractivity contribution >= 4 is 17.0 Å². The van der Waals surface area contributed by atoms with Gasteiger partial charge in [-0.3, -0.25) is 0 Å². The Morgan fingerprint density at radius 2 is 2.16 bits per heavy atom. The number of rotatable bonds is 2. The largest absolute Gasteiger partial charge is 0.478 e. The Labute approximate surface area is 110 Å². The zero-order valence-electron chi connectivity index (χ0n) is 10.8. The van der Waals surface area contributed by atoms with Gasteiger partial charge in [0.2, 0.25) is 0 Å². The summed E-state index contributed by atoms with van der Waals surface area (Å²) in [5.74, 6) is -0.0576. The van der Waals surface area contributed by atoms with Crippen molar-refractivity contribution in [1.82, 2.24) is 9.55 Å². The third-order valence-corrected chi connectivity index (χ3v) is 3.68. The van der Waals surface area contributed by atoms with Crippen molar-refractivity contribution in [2.75, 3.05) is 13.2 Å². The van der Waals surface area contributed by atoms with Gasteiger partial charge in [-0.1, -0.05) is 6.07 Å². The first-order valence-electron chi connectivity index (χ1n) is 6.47. The molecule has 0 aliphatic carbocycles. The molecule has 2 heterocycles. The monoisotopic (exact) mass is 260 g/mol. The number of aromatic carboxylic acids is 1. The first kappa shape index (κ1) is 12.2. The van der Waals surface area contributed by atoms with E-state index in [1.54, 1.807) is 12.1 Å². The minimum absolute atomic E-state index is 0.270. The zero-order valence-corrected chi connectivity index (χ0v) is 10.8. The topological polar surface area (TPSA) is 64.3 Å². The van der Waals surface area contributed by atoms with Crippen LogP contribution in [0.3, 0.4) is 0 Å². The van der Waals surface area contributed by atoms with Crippen LogP contribution >= 0.6 is 0 Å². The first-order chi connectivity index (χ1) is 9.18. The number of nitrogens with zero attached hydrogens (tertiary/aromatic N) is 2. The number of hydrogen-bond acceptors (Lipinski definition) is 3. The first-order valence-corrected chi connectivity index (χ1v) is 6.47. The Balaban J connectivity index is 2.17. The Kier molecular flexibility index (Phi) is 2.98. The van der Waals surface area contributed by atoms with Gasteiger partial charge >= 0.3 is 5.97 Å². The molecule has 1 aromatic carbocycles. The summed E-state index contributed by atoms with van der Waals surface area (Å²) in [5, 5.41) is 9.22. The van der Waals surface area contributed by atoms with Gasteiger partial charge < -0.3 is 14.4 Å². The van der Waals surface area contributed by atoms with Crippen LogP contribution in [0.15, 0.2) is 18.2 Å². The fraction of sp³-hybridized carbons (Fsp3) is 0.429. The van der Waals surface area contributed by atoms with E-state index >= 15 is 0 Å². The second-order valence-electron chi connectivity index (χ2n) is 4.85. The summed E-state index contributed by atoms with van der Waals surface area (Å²) >= 11 is 0. The Morgan fingerprint density at radius 1 is 1.42 bits per heavy atom. The van der Waals surface area contributed by atoms with Gasteiger partial charge in [0.05, 0.1) is 11.1 Å². The maximum atomic E-state index is 11.2. The molecule has 0 amide bonds. The summed E-state index contributed by atoms with van der Waals surface area (Å²) in [5.41, 5.74) is 1.76. The Hall–Kier alpha value is -1.88. The third-order valence-electron chi connectivity index (χ3n) is 3.68. The zero-order chi connectivity index (χ0) is 13.4. The molecule has 0 unspecified atom stereocenters. The number of carboxylic acids is 1. The normalized spacial score (nSPS) is 16.9. The van der Waals surface area contributed by atoms with Gasteiger partial charge in [0, 0.05) is 19.3 Å². The van der Waals surface area contributed by atoms with Crippen LogP contribution in [0.5, 0.6) is 0 Å². The number of aromatic nitrogens is 2. The summed E-state index contributed by atoms with van der Waals surface area (Å²) in [7, 11) is 0. The summed E-state index contributed by atoms with van der Waals surface area (Å²) in [6, 6.07) is 5.67. The number of para-hydroxylation sites is 1. The van der Waals surface area contributed by atoms with Crippen LogP contribution in [0.1, 0.15) is 35.1 Å². The maximum Gasteiger partial charge on any atom is 0.337 e. The number of carbonyl (C=O) groups is 1. The second kappa shape index (κ2) is 4.66. The van der Waals surface area contributed by atoms with E-state index in [2.05, 4.69) is 9.55 Å². The van der Waals surface area contributed by atoms with E-state index in [9.17, 15) is 9.90 Å². The lowest BCUT2D eigenvalue weighted by atomic mass is 10.1. The van der Waals surface area contributed by atoms with Crippen LogP contribution in [0.25, 0.3) is 11.0 Å². The molecule has 3 rings (SSSR count). The number of aryl methyl sites for hydroxylation is 1. The van der Waals surface area contributed by atoms with Crippen molar-refractivity contribution in [3.8, 4) is 0 Å². The van der Waals surface area contributed by atoms with Gasteiger partial charge in [0.25, 0.3) is 0 Å². The number of hydrogen-bond donors (Lipinski definition) is 1. The molecule has 1 saturated heterocycles. The predicted octanol–water partition coefficient (Wildman–Crippen LogP) is 2.39. The fourth-order valence-electron chi connectivity index (χ4n) is 2.81. The molecule has 1 aliphatic rings. The van der Waals surface area contributed by atoms with Gasteiger partial charge in [-0.2, -0.15) is 0 Å². The van der Waals surface area contributed by atoms with E-state index in [-0.39, 0.29) is 5.56 Å². The highest BCUT2D eigenvalue weighted by molar-refractivity contribution is 6.01. The minimum atomic E-state index is -0.928. The number of benzene rings is 1. The lowest BCUT2D eigenvalue weighted by molar-refractivity contribution is 0.0694. The quantitative estimate of drug-likeness (QED) is 0.900. The number of imidazole rings is 1. The molecule has 0 saturated carbocycles. The van der Waals surface area contributed by atoms with E-state index in [1.165, 1.54) is 0 Å². The van der Waals surface area contributed by atoms with Gasteiger partial charge in [0.15, 0.2) is 0 Å². The van der Waals surface area contributed by atoms with Gasteiger partial charge in [-0.25, -0.2) is 9.78 Å². The van der Waals surface area contributed by atoms with Gasteiger partial charge in [-0.15, -0.1) is 0 Å². The summed E-state index contributed by atoms with van der Waals surface area (Å²) < 4.78 is 7.54. The van der Waals surface area contributed by atoms with Crippen LogP contribution in [-0.4, -0.2) is 33.8 Å². The number of carboxylic acid groups (broad SMARTS) is 1. The highest BCUT2D eigenvalue weighted by Gasteiger charge is 2.22. The number of ether oxygens (including phenoxy) is 1.